The number of carbonyl (C=O) groups is 2. The first-order valence-corrected chi connectivity index (χ1v) is 7.05. The van der Waals surface area contributed by atoms with Crippen LogP contribution in [0.25, 0.3) is 0 Å². The Morgan fingerprint density at radius 1 is 1.11 bits per heavy atom. The minimum absolute atomic E-state index is 0.0829. The summed E-state index contributed by atoms with van der Waals surface area (Å²) in [4.78, 5) is 25.8. The number of carbonyl (C=O) groups excluding carboxylic acids is 2. The molecule has 3 saturated carbocycles. The molecule has 3 aliphatic carbocycles. The Balaban J connectivity index is 2.01. The van der Waals surface area contributed by atoms with Gasteiger partial charge >= 0.3 is 0 Å². The molecular formula is C15H20O3. The molecule has 2 bridgehead atoms. The van der Waals surface area contributed by atoms with Gasteiger partial charge in [0.25, 0.3) is 0 Å². The SMILES string of the molecule is C[C@@H]1CC[C@H]2C(C)(C)[C@H]3C(=O)[C@@]12C(=O)[C@@H]1O[C@]31C. The summed E-state index contributed by atoms with van der Waals surface area (Å²) >= 11 is 0. The molecule has 0 aromatic rings. The van der Waals surface area contributed by atoms with E-state index in [4.69, 9.17) is 4.74 Å². The Kier molecular flexibility index (Phi) is 1.61. The third-order valence-electron chi connectivity index (χ3n) is 6.58. The number of ketones is 2. The van der Waals surface area contributed by atoms with E-state index in [1.807, 2.05) is 6.92 Å². The fourth-order valence-corrected chi connectivity index (χ4v) is 5.87. The number of hydrogen-bond donors (Lipinski definition) is 0. The second-order valence-electron chi connectivity index (χ2n) is 7.56. The van der Waals surface area contributed by atoms with Crippen LogP contribution in [0, 0.1) is 28.6 Å². The minimum Gasteiger partial charge on any atom is -0.357 e. The predicted molar refractivity (Wildman–Crippen MR) is 64.9 cm³/mol. The van der Waals surface area contributed by atoms with E-state index in [1.165, 1.54) is 0 Å². The van der Waals surface area contributed by atoms with Crippen LogP contribution in [0.4, 0.5) is 0 Å². The summed E-state index contributed by atoms with van der Waals surface area (Å²) in [5.41, 5.74) is -1.29. The zero-order chi connectivity index (χ0) is 13.1. The molecule has 0 N–H and O–H groups in total. The molecule has 0 aromatic heterocycles. The monoisotopic (exact) mass is 248 g/mol. The summed E-state index contributed by atoms with van der Waals surface area (Å²) in [5.74, 6) is 0.648. The van der Waals surface area contributed by atoms with Crippen LogP contribution in [0.2, 0.25) is 0 Å². The van der Waals surface area contributed by atoms with Crippen LogP contribution in [0.1, 0.15) is 40.5 Å². The fraction of sp³-hybridized carbons (Fsp3) is 0.867. The third kappa shape index (κ3) is 0.781. The molecule has 0 unspecified atom stereocenters. The number of hydrogen-bond acceptors (Lipinski definition) is 3. The maximum absolute atomic E-state index is 13.0. The van der Waals surface area contributed by atoms with E-state index in [2.05, 4.69) is 20.8 Å². The molecule has 1 aliphatic heterocycles. The van der Waals surface area contributed by atoms with E-state index in [1.54, 1.807) is 0 Å². The van der Waals surface area contributed by atoms with Gasteiger partial charge in [-0.1, -0.05) is 20.8 Å². The maximum Gasteiger partial charge on any atom is 0.178 e. The van der Waals surface area contributed by atoms with Crippen LogP contribution in [0.15, 0.2) is 0 Å². The molecule has 1 spiro atoms. The zero-order valence-corrected chi connectivity index (χ0v) is 11.4. The van der Waals surface area contributed by atoms with Gasteiger partial charge in [-0.25, -0.2) is 0 Å². The molecule has 1 saturated heterocycles. The quantitative estimate of drug-likeness (QED) is 0.486. The van der Waals surface area contributed by atoms with Crippen LogP contribution in [0.3, 0.4) is 0 Å². The normalized spacial score (nSPS) is 59.6. The Morgan fingerprint density at radius 2 is 1.78 bits per heavy atom. The van der Waals surface area contributed by atoms with E-state index in [0.717, 1.165) is 12.8 Å². The van der Waals surface area contributed by atoms with Gasteiger partial charge in [-0.2, -0.15) is 0 Å². The molecule has 4 aliphatic rings. The second-order valence-corrected chi connectivity index (χ2v) is 7.56. The fourth-order valence-electron chi connectivity index (χ4n) is 5.87. The number of epoxide rings is 1. The third-order valence-corrected chi connectivity index (χ3v) is 6.58. The van der Waals surface area contributed by atoms with Gasteiger partial charge in [0.15, 0.2) is 11.6 Å². The topological polar surface area (TPSA) is 46.7 Å². The molecule has 0 aromatic carbocycles. The summed E-state index contributed by atoms with van der Waals surface area (Å²) in [6.45, 7) is 8.38. The van der Waals surface area contributed by atoms with Crippen molar-refractivity contribution >= 4 is 11.6 Å². The highest BCUT2D eigenvalue weighted by Crippen LogP contribution is 2.74. The standard InChI is InChI=1S/C15H20O3/c1-7-5-6-8-13(2,3)9-10(16)15(7,8)11(17)12-14(9,4)18-12/h7-9,12H,5-6H2,1-4H3/t7-,8+,9-,12+,14-,15-/m1/s1. The van der Waals surface area contributed by atoms with Crippen LogP contribution in [-0.2, 0) is 14.3 Å². The van der Waals surface area contributed by atoms with Crippen molar-refractivity contribution in [1.29, 1.82) is 0 Å². The molecule has 98 valence electrons. The van der Waals surface area contributed by atoms with Crippen molar-refractivity contribution in [1.82, 2.24) is 0 Å². The first kappa shape index (κ1) is 11.2. The zero-order valence-electron chi connectivity index (χ0n) is 11.4. The van der Waals surface area contributed by atoms with Gasteiger partial charge in [0, 0.05) is 0 Å². The minimum atomic E-state index is -0.700. The van der Waals surface area contributed by atoms with E-state index in [0.29, 0.717) is 0 Å². The average molecular weight is 248 g/mol. The molecule has 0 radical (unpaired) electrons. The summed E-state index contributed by atoms with van der Waals surface area (Å²) in [6.07, 6.45) is 1.72. The highest BCUT2D eigenvalue weighted by molar-refractivity contribution is 6.17. The maximum atomic E-state index is 13.0. The van der Waals surface area contributed by atoms with Crippen molar-refractivity contribution in [2.24, 2.45) is 28.6 Å². The van der Waals surface area contributed by atoms with Crippen molar-refractivity contribution in [3.63, 3.8) is 0 Å². The van der Waals surface area contributed by atoms with E-state index in [9.17, 15) is 9.59 Å². The van der Waals surface area contributed by atoms with Crippen molar-refractivity contribution in [3.05, 3.63) is 0 Å². The Labute approximate surface area is 107 Å². The molecule has 0 amide bonds. The lowest BCUT2D eigenvalue weighted by molar-refractivity contribution is -0.146. The number of Topliss-reactive ketones (excluding diaryl/α,β-unsaturated/α-hetero) is 2. The lowest BCUT2D eigenvalue weighted by atomic mass is 9.64. The van der Waals surface area contributed by atoms with Gasteiger partial charge in [0.05, 0.1) is 11.3 Å². The summed E-state index contributed by atoms with van der Waals surface area (Å²) < 4.78 is 5.70. The highest BCUT2D eigenvalue weighted by Gasteiger charge is 2.85. The Hall–Kier alpha value is -0.700. The molecule has 1 heterocycles. The van der Waals surface area contributed by atoms with E-state index >= 15 is 0 Å². The first-order valence-electron chi connectivity index (χ1n) is 7.05. The molecule has 3 nitrogen and oxygen atoms in total. The smallest absolute Gasteiger partial charge is 0.178 e. The number of fused-ring (bicyclic) bond motifs is 3. The van der Waals surface area contributed by atoms with Gasteiger partial charge in [0.1, 0.15) is 11.7 Å². The second kappa shape index (κ2) is 2.60. The summed E-state index contributed by atoms with van der Waals surface area (Å²) in [7, 11) is 0. The van der Waals surface area contributed by atoms with Gasteiger partial charge in [-0.05, 0) is 37.0 Å². The van der Waals surface area contributed by atoms with Crippen molar-refractivity contribution in [3.8, 4) is 0 Å². The molecular weight excluding hydrogens is 228 g/mol. The number of ether oxygens (including phenoxy) is 1. The van der Waals surface area contributed by atoms with Gasteiger partial charge in [-0.15, -0.1) is 0 Å². The van der Waals surface area contributed by atoms with Gasteiger partial charge in [-0.3, -0.25) is 9.59 Å². The van der Waals surface area contributed by atoms with E-state index < -0.39 is 11.0 Å². The molecule has 6 atom stereocenters. The molecule has 4 rings (SSSR count). The molecule has 18 heavy (non-hydrogen) atoms. The van der Waals surface area contributed by atoms with Crippen molar-refractivity contribution in [2.45, 2.75) is 52.2 Å². The van der Waals surface area contributed by atoms with Crippen LogP contribution in [0.5, 0.6) is 0 Å². The van der Waals surface area contributed by atoms with Crippen LogP contribution in [-0.4, -0.2) is 23.3 Å². The van der Waals surface area contributed by atoms with Gasteiger partial charge < -0.3 is 4.74 Å². The lowest BCUT2D eigenvalue weighted by Crippen LogP contribution is -2.52. The lowest BCUT2D eigenvalue weighted by Gasteiger charge is -2.33. The summed E-state index contributed by atoms with van der Waals surface area (Å²) in [6, 6.07) is 0. The molecule has 3 heteroatoms. The average Bonchev–Trinajstić information content (AvgIpc) is 2.76. The van der Waals surface area contributed by atoms with E-state index in [-0.39, 0.29) is 40.8 Å². The van der Waals surface area contributed by atoms with Crippen LogP contribution < -0.4 is 0 Å². The van der Waals surface area contributed by atoms with Gasteiger partial charge in [0.2, 0.25) is 0 Å². The van der Waals surface area contributed by atoms with Crippen LogP contribution >= 0.6 is 0 Å². The van der Waals surface area contributed by atoms with Crippen molar-refractivity contribution in [2.75, 3.05) is 0 Å². The highest BCUT2D eigenvalue weighted by atomic mass is 16.6. The first-order chi connectivity index (χ1) is 8.29. The summed E-state index contributed by atoms with van der Waals surface area (Å²) in [5, 5.41) is 0. The predicted octanol–water partition coefficient (Wildman–Crippen LogP) is 1.98. The largest absolute Gasteiger partial charge is 0.357 e. The van der Waals surface area contributed by atoms with Crippen molar-refractivity contribution < 1.29 is 14.3 Å². The number of rotatable bonds is 0. The Bertz CT molecular complexity index is 494. The molecule has 4 fully saturated rings. The Morgan fingerprint density at radius 3 is 2.44 bits per heavy atom.